The van der Waals surface area contributed by atoms with E-state index in [-0.39, 0.29) is 5.91 Å². The van der Waals surface area contributed by atoms with Crippen molar-refractivity contribution in [2.75, 3.05) is 26.2 Å². The first-order valence-corrected chi connectivity index (χ1v) is 8.27. The Balaban J connectivity index is 1.74. The van der Waals surface area contributed by atoms with Crippen LogP contribution in [0.15, 0.2) is 22.7 Å². The standard InChI is InChI=1S/C15H18BrClN2O/c16-14-7-12(17)1-2-13(14)15(20)19-5-3-10-8-18-9-11(10)4-6-19/h1-2,7,10-11,18H,3-6,8-9H2/t10-,11+. The molecule has 20 heavy (non-hydrogen) atoms. The molecular formula is C15H18BrClN2O. The number of nitrogens with one attached hydrogen (secondary N) is 1. The first-order valence-electron chi connectivity index (χ1n) is 7.10. The minimum Gasteiger partial charge on any atom is -0.339 e. The molecule has 2 aliphatic rings. The van der Waals surface area contributed by atoms with E-state index in [1.807, 2.05) is 11.0 Å². The average molecular weight is 358 g/mol. The Morgan fingerprint density at radius 1 is 1.25 bits per heavy atom. The van der Waals surface area contributed by atoms with Crippen LogP contribution in [0.4, 0.5) is 0 Å². The normalized spacial score (nSPS) is 26.2. The second-order valence-corrected chi connectivity index (χ2v) is 6.96. The second kappa shape index (κ2) is 6.04. The van der Waals surface area contributed by atoms with Crippen LogP contribution in [0.2, 0.25) is 5.02 Å². The van der Waals surface area contributed by atoms with Crippen molar-refractivity contribution >= 4 is 33.4 Å². The highest BCUT2D eigenvalue weighted by Gasteiger charge is 2.31. The molecule has 0 spiro atoms. The maximum absolute atomic E-state index is 12.6. The smallest absolute Gasteiger partial charge is 0.254 e. The van der Waals surface area contributed by atoms with E-state index in [9.17, 15) is 4.79 Å². The molecule has 0 aromatic heterocycles. The number of amides is 1. The van der Waals surface area contributed by atoms with E-state index >= 15 is 0 Å². The zero-order valence-electron chi connectivity index (χ0n) is 11.2. The van der Waals surface area contributed by atoms with Crippen molar-refractivity contribution in [3.8, 4) is 0 Å². The number of benzene rings is 1. The van der Waals surface area contributed by atoms with Crippen LogP contribution in [0.5, 0.6) is 0 Å². The lowest BCUT2D eigenvalue weighted by atomic mass is 9.92. The third kappa shape index (κ3) is 2.87. The first kappa shape index (κ1) is 14.4. The van der Waals surface area contributed by atoms with Crippen molar-refractivity contribution in [1.29, 1.82) is 0 Å². The van der Waals surface area contributed by atoms with E-state index in [0.29, 0.717) is 10.6 Å². The maximum atomic E-state index is 12.6. The van der Waals surface area contributed by atoms with Gasteiger partial charge in [0.25, 0.3) is 5.91 Å². The molecule has 1 amide bonds. The lowest BCUT2D eigenvalue weighted by molar-refractivity contribution is 0.0757. The third-order valence-corrected chi connectivity index (χ3v) is 5.36. The maximum Gasteiger partial charge on any atom is 0.254 e. The number of nitrogens with zero attached hydrogens (tertiary/aromatic N) is 1. The van der Waals surface area contributed by atoms with Crippen molar-refractivity contribution in [2.24, 2.45) is 11.8 Å². The molecule has 1 aromatic rings. The van der Waals surface area contributed by atoms with Gasteiger partial charge in [0.15, 0.2) is 0 Å². The van der Waals surface area contributed by atoms with Crippen molar-refractivity contribution in [2.45, 2.75) is 12.8 Å². The molecule has 108 valence electrons. The zero-order chi connectivity index (χ0) is 14.1. The topological polar surface area (TPSA) is 32.3 Å². The fourth-order valence-corrected chi connectivity index (χ4v) is 4.11. The molecule has 2 aliphatic heterocycles. The molecule has 2 saturated heterocycles. The van der Waals surface area contributed by atoms with Crippen LogP contribution in [-0.2, 0) is 0 Å². The van der Waals surface area contributed by atoms with Gasteiger partial charge in [-0.2, -0.15) is 0 Å². The van der Waals surface area contributed by atoms with Crippen molar-refractivity contribution < 1.29 is 4.79 Å². The quantitative estimate of drug-likeness (QED) is 0.837. The summed E-state index contributed by atoms with van der Waals surface area (Å²) in [6.07, 6.45) is 2.21. The van der Waals surface area contributed by atoms with Gasteiger partial charge >= 0.3 is 0 Å². The predicted octanol–water partition coefficient (Wildman–Crippen LogP) is 3.17. The Kier molecular flexibility index (Phi) is 4.34. The summed E-state index contributed by atoms with van der Waals surface area (Å²) in [4.78, 5) is 14.6. The molecule has 5 heteroatoms. The van der Waals surface area contributed by atoms with Crippen molar-refractivity contribution in [1.82, 2.24) is 10.2 Å². The largest absolute Gasteiger partial charge is 0.339 e. The number of likely N-dealkylation sites (tertiary alicyclic amines) is 1. The van der Waals surface area contributed by atoms with Gasteiger partial charge < -0.3 is 10.2 Å². The van der Waals surface area contributed by atoms with Gasteiger partial charge in [-0.3, -0.25) is 4.79 Å². The molecule has 0 saturated carbocycles. The molecule has 1 aromatic carbocycles. The van der Waals surface area contributed by atoms with Crippen LogP contribution < -0.4 is 5.32 Å². The van der Waals surface area contributed by atoms with E-state index in [2.05, 4.69) is 21.2 Å². The summed E-state index contributed by atoms with van der Waals surface area (Å²) in [6, 6.07) is 5.36. The van der Waals surface area contributed by atoms with E-state index in [1.54, 1.807) is 12.1 Å². The molecule has 1 N–H and O–H groups in total. The lowest BCUT2D eigenvalue weighted by Crippen LogP contribution is -2.33. The van der Waals surface area contributed by atoms with E-state index in [1.165, 1.54) is 0 Å². The average Bonchev–Trinajstić information content (AvgIpc) is 2.77. The van der Waals surface area contributed by atoms with E-state index in [4.69, 9.17) is 11.6 Å². The Morgan fingerprint density at radius 2 is 1.90 bits per heavy atom. The summed E-state index contributed by atoms with van der Waals surface area (Å²) in [5.41, 5.74) is 0.708. The summed E-state index contributed by atoms with van der Waals surface area (Å²) in [6.45, 7) is 3.93. The Labute approximate surface area is 132 Å². The van der Waals surface area contributed by atoms with Crippen LogP contribution in [0.25, 0.3) is 0 Å². The summed E-state index contributed by atoms with van der Waals surface area (Å²) in [5, 5.41) is 4.10. The number of hydrogen-bond acceptors (Lipinski definition) is 2. The van der Waals surface area contributed by atoms with Crippen LogP contribution >= 0.6 is 27.5 Å². The van der Waals surface area contributed by atoms with Gasteiger partial charge in [0.1, 0.15) is 0 Å². The molecule has 2 heterocycles. The SMILES string of the molecule is O=C(c1ccc(Cl)cc1Br)N1CC[C@@H]2CNC[C@@H]2CC1. The first-order chi connectivity index (χ1) is 9.65. The number of fused-ring (bicyclic) bond motifs is 1. The number of carbonyl (C=O) groups is 1. The van der Waals surface area contributed by atoms with Crippen LogP contribution in [0.3, 0.4) is 0 Å². The van der Waals surface area contributed by atoms with Crippen molar-refractivity contribution in [3.05, 3.63) is 33.3 Å². The summed E-state index contributed by atoms with van der Waals surface area (Å²) in [7, 11) is 0. The summed E-state index contributed by atoms with van der Waals surface area (Å²) in [5.74, 6) is 1.59. The fraction of sp³-hybridized carbons (Fsp3) is 0.533. The Hall–Kier alpha value is -0.580. The molecule has 0 radical (unpaired) electrons. The Bertz CT molecular complexity index is 509. The molecular weight excluding hydrogens is 340 g/mol. The molecule has 0 aliphatic carbocycles. The van der Waals surface area contributed by atoms with Gasteiger partial charge in [0.05, 0.1) is 5.56 Å². The third-order valence-electron chi connectivity index (χ3n) is 4.47. The van der Waals surface area contributed by atoms with E-state index in [0.717, 1.165) is 55.3 Å². The van der Waals surface area contributed by atoms with Gasteiger partial charge in [-0.25, -0.2) is 0 Å². The van der Waals surface area contributed by atoms with Crippen molar-refractivity contribution in [3.63, 3.8) is 0 Å². The van der Waals surface area contributed by atoms with Gasteiger partial charge in [-0.1, -0.05) is 11.6 Å². The zero-order valence-corrected chi connectivity index (χ0v) is 13.6. The highest BCUT2D eigenvalue weighted by atomic mass is 79.9. The molecule has 2 atom stereocenters. The summed E-state index contributed by atoms with van der Waals surface area (Å²) >= 11 is 9.38. The van der Waals surface area contributed by atoms with Crippen LogP contribution in [0, 0.1) is 11.8 Å². The molecule has 0 bridgehead atoms. The van der Waals surface area contributed by atoms with Crippen LogP contribution in [0.1, 0.15) is 23.2 Å². The number of rotatable bonds is 1. The minimum absolute atomic E-state index is 0.112. The molecule has 3 nitrogen and oxygen atoms in total. The summed E-state index contributed by atoms with van der Waals surface area (Å²) < 4.78 is 0.779. The predicted molar refractivity (Wildman–Crippen MR) is 84.1 cm³/mol. The van der Waals surface area contributed by atoms with Gasteiger partial charge in [0.2, 0.25) is 0 Å². The highest BCUT2D eigenvalue weighted by molar-refractivity contribution is 9.10. The number of halogens is 2. The molecule has 2 fully saturated rings. The van der Waals surface area contributed by atoms with E-state index < -0.39 is 0 Å². The number of hydrogen-bond donors (Lipinski definition) is 1. The van der Waals surface area contributed by atoms with Gasteiger partial charge in [-0.15, -0.1) is 0 Å². The van der Waals surface area contributed by atoms with Crippen LogP contribution in [-0.4, -0.2) is 37.0 Å². The Morgan fingerprint density at radius 3 is 2.50 bits per heavy atom. The van der Waals surface area contributed by atoms with Gasteiger partial charge in [-0.05, 0) is 71.9 Å². The number of carbonyl (C=O) groups excluding carboxylic acids is 1. The van der Waals surface area contributed by atoms with Gasteiger partial charge in [0, 0.05) is 22.6 Å². The fourth-order valence-electron chi connectivity index (χ4n) is 3.25. The lowest BCUT2D eigenvalue weighted by Gasteiger charge is -2.21. The monoisotopic (exact) mass is 356 g/mol. The molecule has 3 rings (SSSR count). The highest BCUT2D eigenvalue weighted by Crippen LogP contribution is 2.29. The molecule has 0 unspecified atom stereocenters. The second-order valence-electron chi connectivity index (χ2n) is 5.67. The minimum atomic E-state index is 0.112.